The number of pyridine rings is 1. The third-order valence-electron chi connectivity index (χ3n) is 1.86. The van der Waals surface area contributed by atoms with Crippen LogP contribution in [0.15, 0.2) is 6.20 Å². The molecule has 0 amide bonds. The third kappa shape index (κ3) is 2.83. The summed E-state index contributed by atoms with van der Waals surface area (Å²) in [6, 6.07) is 0. The molecule has 0 saturated carbocycles. The number of halogens is 4. The third-order valence-corrected chi connectivity index (χ3v) is 2.61. The van der Waals surface area contributed by atoms with Gasteiger partial charge in [-0.25, -0.2) is 13.2 Å². The Labute approximate surface area is 103 Å². The minimum atomic E-state index is -2.92. The molecular weight excluding hydrogens is 338 g/mol. The minimum absolute atomic E-state index is 0.0842. The number of rotatable bonds is 3. The second-order valence-corrected chi connectivity index (χ2v) is 4.00. The Morgan fingerprint density at radius 1 is 1.62 bits per heavy atom. The highest BCUT2D eigenvalue weighted by molar-refractivity contribution is 14.1. The predicted octanol–water partition coefficient (Wildman–Crippen LogP) is 2.48. The van der Waals surface area contributed by atoms with E-state index in [4.69, 9.17) is 0 Å². The van der Waals surface area contributed by atoms with Gasteiger partial charge in [-0.2, -0.15) is 0 Å². The van der Waals surface area contributed by atoms with Crippen LogP contribution in [0.1, 0.15) is 17.7 Å². The summed E-state index contributed by atoms with van der Waals surface area (Å²) in [5.41, 5.74) is -1.13. The maximum absolute atomic E-state index is 13.5. The van der Waals surface area contributed by atoms with E-state index in [1.165, 1.54) is 0 Å². The van der Waals surface area contributed by atoms with Gasteiger partial charge in [0.05, 0.1) is 17.1 Å². The van der Waals surface area contributed by atoms with Gasteiger partial charge in [-0.05, 0) is 22.6 Å². The Kier molecular flexibility index (Phi) is 4.51. The number of carbonyl (C=O) groups is 1. The number of nitrogens with zero attached hydrogens (tertiary/aromatic N) is 1. The zero-order valence-corrected chi connectivity index (χ0v) is 10.3. The smallest absolute Gasteiger partial charge is 0.310 e. The zero-order valence-electron chi connectivity index (χ0n) is 8.14. The molecule has 7 heteroatoms. The van der Waals surface area contributed by atoms with E-state index < -0.39 is 35.9 Å². The van der Waals surface area contributed by atoms with E-state index in [2.05, 4.69) is 9.72 Å². The van der Waals surface area contributed by atoms with Crippen molar-refractivity contribution in [1.29, 1.82) is 0 Å². The van der Waals surface area contributed by atoms with Crippen molar-refractivity contribution in [2.75, 3.05) is 7.11 Å². The van der Waals surface area contributed by atoms with E-state index in [1.807, 2.05) is 0 Å². The molecule has 0 N–H and O–H groups in total. The molecule has 0 spiro atoms. The molecule has 1 aromatic heterocycles. The number of methoxy groups -OCH3 is 1. The van der Waals surface area contributed by atoms with Crippen LogP contribution in [-0.4, -0.2) is 18.1 Å². The van der Waals surface area contributed by atoms with Crippen LogP contribution in [-0.2, 0) is 16.0 Å². The number of esters is 1. The largest absolute Gasteiger partial charge is 0.469 e. The highest BCUT2D eigenvalue weighted by Gasteiger charge is 2.22. The molecule has 1 aromatic rings. The Hall–Kier alpha value is -0.860. The summed E-state index contributed by atoms with van der Waals surface area (Å²) in [7, 11) is 1.10. The van der Waals surface area contributed by atoms with E-state index in [-0.39, 0.29) is 3.57 Å². The van der Waals surface area contributed by atoms with Crippen molar-refractivity contribution in [3.63, 3.8) is 0 Å². The second-order valence-electron chi connectivity index (χ2n) is 2.84. The van der Waals surface area contributed by atoms with Crippen LogP contribution >= 0.6 is 22.6 Å². The van der Waals surface area contributed by atoms with E-state index in [9.17, 15) is 18.0 Å². The van der Waals surface area contributed by atoms with Crippen LogP contribution in [0, 0.1) is 9.39 Å². The Balaban J connectivity index is 3.20. The molecule has 0 aliphatic carbocycles. The van der Waals surface area contributed by atoms with E-state index >= 15 is 0 Å². The molecule has 0 atom stereocenters. The Morgan fingerprint density at radius 2 is 2.25 bits per heavy atom. The molecule has 0 fully saturated rings. The molecule has 0 aliphatic heterocycles. The maximum atomic E-state index is 13.5. The summed E-state index contributed by atoms with van der Waals surface area (Å²) in [5, 5.41) is 0. The molecule has 1 rings (SSSR count). The van der Waals surface area contributed by atoms with Crippen molar-refractivity contribution in [3.8, 4) is 0 Å². The first-order valence-electron chi connectivity index (χ1n) is 4.15. The molecule has 0 unspecified atom stereocenters. The lowest BCUT2D eigenvalue weighted by molar-refractivity contribution is -0.139. The number of aromatic nitrogens is 1. The van der Waals surface area contributed by atoms with Gasteiger partial charge < -0.3 is 4.74 Å². The first-order chi connectivity index (χ1) is 7.47. The van der Waals surface area contributed by atoms with Gasteiger partial charge in [-0.1, -0.05) is 0 Å². The molecule has 0 bridgehead atoms. The minimum Gasteiger partial charge on any atom is -0.469 e. The number of hydrogen-bond donors (Lipinski definition) is 0. The van der Waals surface area contributed by atoms with Gasteiger partial charge in [0, 0.05) is 11.8 Å². The average Bonchev–Trinajstić information content (AvgIpc) is 2.24. The fourth-order valence-corrected chi connectivity index (χ4v) is 1.55. The summed E-state index contributed by atoms with van der Waals surface area (Å²) in [6.07, 6.45) is -2.48. The summed E-state index contributed by atoms with van der Waals surface area (Å²) >= 11 is 1.61. The topological polar surface area (TPSA) is 39.2 Å². The highest BCUT2D eigenvalue weighted by atomic mass is 127. The summed E-state index contributed by atoms with van der Waals surface area (Å²) in [5.74, 6) is -1.64. The molecule has 1 heterocycles. The molecule has 0 radical (unpaired) electrons. The van der Waals surface area contributed by atoms with Gasteiger partial charge in [0.2, 0.25) is 0 Å². The van der Waals surface area contributed by atoms with E-state index in [1.54, 1.807) is 22.6 Å². The number of alkyl halides is 2. The van der Waals surface area contributed by atoms with Gasteiger partial charge in [0.25, 0.3) is 6.43 Å². The van der Waals surface area contributed by atoms with Crippen LogP contribution < -0.4 is 0 Å². The predicted molar refractivity (Wildman–Crippen MR) is 57.6 cm³/mol. The fraction of sp³-hybridized carbons (Fsp3) is 0.333. The Bertz CT molecular complexity index is 412. The lowest BCUT2D eigenvalue weighted by Crippen LogP contribution is -2.11. The van der Waals surface area contributed by atoms with Crippen LogP contribution in [0.2, 0.25) is 0 Å². The Morgan fingerprint density at radius 3 is 2.75 bits per heavy atom. The molecule has 0 aliphatic rings. The first-order valence-corrected chi connectivity index (χ1v) is 5.23. The molecule has 16 heavy (non-hydrogen) atoms. The van der Waals surface area contributed by atoms with Crippen LogP contribution in [0.25, 0.3) is 0 Å². The standard InChI is InChI=1S/C9H7F3INO2/c1-16-6(15)2-4-7(10)5(13)3-14-8(4)9(11)12/h3,9H,2H2,1H3. The monoisotopic (exact) mass is 345 g/mol. The van der Waals surface area contributed by atoms with Gasteiger partial charge >= 0.3 is 5.97 Å². The van der Waals surface area contributed by atoms with Crippen molar-refractivity contribution in [2.45, 2.75) is 12.8 Å². The lowest BCUT2D eigenvalue weighted by Gasteiger charge is -2.09. The van der Waals surface area contributed by atoms with Crippen LogP contribution in [0.5, 0.6) is 0 Å². The molecule has 88 valence electrons. The van der Waals surface area contributed by atoms with Gasteiger partial charge in [-0.15, -0.1) is 0 Å². The quantitative estimate of drug-likeness (QED) is 0.624. The molecular formula is C9H7F3INO2. The van der Waals surface area contributed by atoms with Crippen LogP contribution in [0.3, 0.4) is 0 Å². The SMILES string of the molecule is COC(=O)Cc1c(C(F)F)ncc(I)c1F. The van der Waals surface area contributed by atoms with E-state index in [0.717, 1.165) is 13.3 Å². The highest BCUT2D eigenvalue weighted by Crippen LogP contribution is 2.25. The number of ether oxygens (including phenoxy) is 1. The molecule has 0 aromatic carbocycles. The van der Waals surface area contributed by atoms with Gasteiger partial charge in [-0.3, -0.25) is 9.78 Å². The zero-order chi connectivity index (χ0) is 12.3. The lowest BCUT2D eigenvalue weighted by atomic mass is 10.1. The number of carbonyl (C=O) groups excluding carboxylic acids is 1. The molecule has 3 nitrogen and oxygen atoms in total. The van der Waals surface area contributed by atoms with E-state index in [0.29, 0.717) is 0 Å². The number of hydrogen-bond acceptors (Lipinski definition) is 3. The fourth-order valence-electron chi connectivity index (χ4n) is 1.09. The van der Waals surface area contributed by atoms with Gasteiger partial charge in [0.1, 0.15) is 11.5 Å². The van der Waals surface area contributed by atoms with Gasteiger partial charge in [0.15, 0.2) is 0 Å². The maximum Gasteiger partial charge on any atom is 0.310 e. The van der Waals surface area contributed by atoms with Crippen molar-refractivity contribution >= 4 is 28.6 Å². The van der Waals surface area contributed by atoms with Crippen molar-refractivity contribution in [1.82, 2.24) is 4.98 Å². The van der Waals surface area contributed by atoms with Crippen molar-refractivity contribution in [2.24, 2.45) is 0 Å². The summed E-state index contributed by atoms with van der Waals surface area (Å²) < 4.78 is 42.9. The average molecular weight is 345 g/mol. The molecule has 0 saturated heterocycles. The summed E-state index contributed by atoms with van der Waals surface area (Å²) in [6.45, 7) is 0. The van der Waals surface area contributed by atoms with Crippen molar-refractivity contribution < 1.29 is 22.7 Å². The van der Waals surface area contributed by atoms with Crippen LogP contribution in [0.4, 0.5) is 13.2 Å². The van der Waals surface area contributed by atoms with Crippen molar-refractivity contribution in [3.05, 3.63) is 26.8 Å². The normalized spacial score (nSPS) is 10.6. The summed E-state index contributed by atoms with van der Waals surface area (Å²) in [4.78, 5) is 14.4. The first kappa shape index (κ1) is 13.2. The second kappa shape index (κ2) is 5.46.